The van der Waals surface area contributed by atoms with Gasteiger partial charge in [-0.3, -0.25) is 4.79 Å². The molecular formula is C20H21F3N4O2. The first-order valence-electron chi connectivity index (χ1n) is 9.19. The van der Waals surface area contributed by atoms with Gasteiger partial charge in [0, 0.05) is 43.6 Å². The number of amides is 2. The van der Waals surface area contributed by atoms with Crippen molar-refractivity contribution in [2.75, 3.05) is 36.4 Å². The van der Waals surface area contributed by atoms with Crippen LogP contribution in [-0.4, -0.2) is 47.9 Å². The van der Waals surface area contributed by atoms with E-state index < -0.39 is 11.7 Å². The van der Waals surface area contributed by atoms with Gasteiger partial charge in [0.15, 0.2) is 5.78 Å². The van der Waals surface area contributed by atoms with Crippen LogP contribution in [-0.2, 0) is 6.18 Å². The van der Waals surface area contributed by atoms with Crippen LogP contribution in [0.3, 0.4) is 0 Å². The number of aromatic nitrogens is 1. The fraction of sp³-hybridized carbons (Fsp3) is 0.350. The highest BCUT2D eigenvalue weighted by molar-refractivity contribution is 5.96. The molecule has 0 radical (unpaired) electrons. The Morgan fingerprint density at radius 3 is 2.52 bits per heavy atom. The lowest BCUT2D eigenvalue weighted by molar-refractivity contribution is -0.137. The summed E-state index contributed by atoms with van der Waals surface area (Å²) in [5.41, 5.74) is 0.260. The number of alkyl halides is 3. The van der Waals surface area contributed by atoms with Gasteiger partial charge in [-0.25, -0.2) is 9.78 Å². The predicted molar refractivity (Wildman–Crippen MR) is 103 cm³/mol. The molecule has 154 valence electrons. The summed E-state index contributed by atoms with van der Waals surface area (Å²) in [6, 6.07) is 8.79. The first-order chi connectivity index (χ1) is 13.7. The Balaban J connectivity index is 1.61. The summed E-state index contributed by atoms with van der Waals surface area (Å²) < 4.78 is 38.1. The number of halogens is 3. The Morgan fingerprint density at radius 1 is 1.07 bits per heavy atom. The largest absolute Gasteiger partial charge is 0.417 e. The van der Waals surface area contributed by atoms with Crippen molar-refractivity contribution < 1.29 is 22.8 Å². The lowest BCUT2D eigenvalue weighted by Crippen LogP contribution is -2.38. The molecule has 9 heteroatoms. The summed E-state index contributed by atoms with van der Waals surface area (Å²) >= 11 is 0. The molecule has 0 saturated carbocycles. The zero-order chi connectivity index (χ0) is 21.0. The zero-order valence-corrected chi connectivity index (χ0v) is 15.9. The van der Waals surface area contributed by atoms with Crippen LogP contribution in [0.2, 0.25) is 0 Å². The highest BCUT2D eigenvalue weighted by Crippen LogP contribution is 2.29. The number of carbonyl (C=O) groups excluding carboxylic acids is 2. The maximum atomic E-state index is 12.7. The zero-order valence-electron chi connectivity index (χ0n) is 15.9. The minimum absolute atomic E-state index is 0.0874. The molecule has 2 aromatic rings. The Morgan fingerprint density at radius 2 is 1.86 bits per heavy atom. The van der Waals surface area contributed by atoms with Crippen molar-refractivity contribution in [3.05, 3.63) is 53.7 Å². The summed E-state index contributed by atoms with van der Waals surface area (Å²) in [5, 5.41) is 2.79. The molecule has 1 saturated heterocycles. The van der Waals surface area contributed by atoms with Crippen LogP contribution < -0.4 is 10.2 Å². The summed E-state index contributed by atoms with van der Waals surface area (Å²) in [5.74, 6) is 0.366. The number of ketones is 1. The molecule has 0 aliphatic carbocycles. The summed E-state index contributed by atoms with van der Waals surface area (Å²) in [6.45, 7) is 3.41. The van der Waals surface area contributed by atoms with Crippen molar-refractivity contribution in [2.24, 2.45) is 0 Å². The molecular weight excluding hydrogens is 385 g/mol. The molecule has 2 amide bonds. The van der Waals surface area contributed by atoms with Gasteiger partial charge in [-0.2, -0.15) is 13.2 Å². The van der Waals surface area contributed by atoms with Gasteiger partial charge >= 0.3 is 12.2 Å². The number of nitrogens with zero attached hydrogens (tertiary/aromatic N) is 3. The number of Topliss-reactive ketones (excluding diaryl/α,β-unsaturated/α-hetero) is 1. The number of hydrogen-bond acceptors (Lipinski definition) is 4. The molecule has 1 aliphatic rings. The van der Waals surface area contributed by atoms with Crippen LogP contribution in [0.5, 0.6) is 0 Å². The fourth-order valence-corrected chi connectivity index (χ4v) is 3.11. The van der Waals surface area contributed by atoms with Gasteiger partial charge in [-0.1, -0.05) is 12.1 Å². The normalized spacial score (nSPS) is 15.0. The van der Waals surface area contributed by atoms with Crippen LogP contribution in [0.15, 0.2) is 42.6 Å². The van der Waals surface area contributed by atoms with E-state index in [-0.39, 0.29) is 11.8 Å². The molecule has 0 atom stereocenters. The van der Waals surface area contributed by atoms with E-state index in [9.17, 15) is 22.8 Å². The Bertz CT molecular complexity index is 884. The van der Waals surface area contributed by atoms with Crippen molar-refractivity contribution in [1.29, 1.82) is 0 Å². The second-order valence-corrected chi connectivity index (χ2v) is 6.80. The number of rotatable bonds is 3. The highest BCUT2D eigenvalue weighted by atomic mass is 19.4. The number of carbonyl (C=O) groups is 2. The number of urea groups is 1. The average Bonchev–Trinajstić information content (AvgIpc) is 2.94. The summed E-state index contributed by atoms with van der Waals surface area (Å²) in [4.78, 5) is 31.5. The third-order valence-electron chi connectivity index (χ3n) is 4.70. The quantitative estimate of drug-likeness (QED) is 0.782. The topological polar surface area (TPSA) is 65.5 Å². The smallest absolute Gasteiger partial charge is 0.355 e. The van der Waals surface area contributed by atoms with E-state index in [0.717, 1.165) is 12.3 Å². The standard InChI is InChI=1S/C20H21F3N4O2/c1-14(28)15-4-2-5-17(12-15)25-19(29)27-9-3-8-26(10-11-27)18-7-6-16(13-24-18)20(21,22)23/h2,4-7,12-13H,3,8-11H2,1H3,(H,25,29). The number of nitrogens with one attached hydrogen (secondary N) is 1. The van der Waals surface area contributed by atoms with Gasteiger partial charge in [0.25, 0.3) is 0 Å². The van der Waals surface area contributed by atoms with Crippen LogP contribution >= 0.6 is 0 Å². The van der Waals surface area contributed by atoms with Crippen LogP contribution in [0.1, 0.15) is 29.3 Å². The number of pyridine rings is 1. The van der Waals surface area contributed by atoms with Crippen molar-refractivity contribution in [2.45, 2.75) is 19.5 Å². The highest BCUT2D eigenvalue weighted by Gasteiger charge is 2.31. The maximum Gasteiger partial charge on any atom is 0.417 e. The van der Waals surface area contributed by atoms with Gasteiger partial charge < -0.3 is 15.1 Å². The Kier molecular flexibility index (Phi) is 6.05. The van der Waals surface area contributed by atoms with E-state index >= 15 is 0 Å². The van der Waals surface area contributed by atoms with E-state index in [1.54, 1.807) is 29.2 Å². The molecule has 1 N–H and O–H groups in total. The molecule has 1 aromatic carbocycles. The molecule has 0 spiro atoms. The lowest BCUT2D eigenvalue weighted by Gasteiger charge is -2.23. The first-order valence-corrected chi connectivity index (χ1v) is 9.19. The van der Waals surface area contributed by atoms with Crippen molar-refractivity contribution in [3.63, 3.8) is 0 Å². The first kappa shape index (κ1) is 20.6. The second-order valence-electron chi connectivity index (χ2n) is 6.80. The average molecular weight is 406 g/mol. The molecule has 0 bridgehead atoms. The maximum absolute atomic E-state index is 12.7. The molecule has 29 heavy (non-hydrogen) atoms. The third-order valence-corrected chi connectivity index (χ3v) is 4.70. The molecule has 0 unspecified atom stereocenters. The van der Waals surface area contributed by atoms with E-state index in [1.165, 1.54) is 13.0 Å². The van der Waals surface area contributed by atoms with Gasteiger partial charge in [0.2, 0.25) is 0 Å². The van der Waals surface area contributed by atoms with E-state index in [1.807, 2.05) is 4.90 Å². The molecule has 3 rings (SSSR count). The number of anilines is 2. The van der Waals surface area contributed by atoms with Crippen LogP contribution in [0, 0.1) is 0 Å². The molecule has 1 fully saturated rings. The lowest BCUT2D eigenvalue weighted by atomic mass is 10.1. The number of benzene rings is 1. The summed E-state index contributed by atoms with van der Waals surface area (Å²) in [7, 11) is 0. The van der Waals surface area contributed by atoms with E-state index in [4.69, 9.17) is 0 Å². The third kappa shape index (κ3) is 5.24. The monoisotopic (exact) mass is 406 g/mol. The molecule has 1 aliphatic heterocycles. The van der Waals surface area contributed by atoms with Gasteiger partial charge in [-0.05, 0) is 37.6 Å². The van der Waals surface area contributed by atoms with Crippen molar-refractivity contribution in [3.8, 4) is 0 Å². The minimum atomic E-state index is -4.42. The Labute approximate surface area is 166 Å². The fourth-order valence-electron chi connectivity index (χ4n) is 3.11. The van der Waals surface area contributed by atoms with Crippen molar-refractivity contribution >= 4 is 23.3 Å². The second kappa shape index (κ2) is 8.50. The van der Waals surface area contributed by atoms with E-state index in [0.29, 0.717) is 49.7 Å². The minimum Gasteiger partial charge on any atom is -0.355 e. The predicted octanol–water partition coefficient (Wildman–Crippen LogP) is 4.05. The Hall–Kier alpha value is -3.10. The molecule has 6 nitrogen and oxygen atoms in total. The van der Waals surface area contributed by atoms with Gasteiger partial charge in [0.1, 0.15) is 5.82 Å². The van der Waals surface area contributed by atoms with Gasteiger partial charge in [0.05, 0.1) is 5.56 Å². The summed E-state index contributed by atoms with van der Waals surface area (Å²) in [6.07, 6.45) is -2.94. The SMILES string of the molecule is CC(=O)c1cccc(NC(=O)N2CCCN(c3ccc(C(F)(F)F)cn3)CC2)c1. The van der Waals surface area contributed by atoms with Crippen LogP contribution in [0.25, 0.3) is 0 Å². The van der Waals surface area contributed by atoms with Gasteiger partial charge in [-0.15, -0.1) is 0 Å². The van der Waals surface area contributed by atoms with Crippen molar-refractivity contribution in [1.82, 2.24) is 9.88 Å². The number of hydrogen-bond donors (Lipinski definition) is 1. The van der Waals surface area contributed by atoms with E-state index in [2.05, 4.69) is 10.3 Å². The molecule has 1 aromatic heterocycles. The molecule has 2 heterocycles. The van der Waals surface area contributed by atoms with Crippen LogP contribution in [0.4, 0.5) is 29.5 Å².